The summed E-state index contributed by atoms with van der Waals surface area (Å²) < 4.78 is 0. The summed E-state index contributed by atoms with van der Waals surface area (Å²) in [4.78, 5) is 69.6. The van der Waals surface area contributed by atoms with E-state index < -0.39 is 84.8 Å². The largest absolute Gasteiger partial charge is 0.481 e. The van der Waals surface area contributed by atoms with Gasteiger partial charge in [0.1, 0.15) is 30.2 Å². The van der Waals surface area contributed by atoms with Crippen molar-refractivity contribution in [3.63, 3.8) is 0 Å². The van der Waals surface area contributed by atoms with E-state index in [-0.39, 0.29) is 40.1 Å². The van der Waals surface area contributed by atoms with Gasteiger partial charge in [-0.25, -0.2) is 0 Å². The Labute approximate surface area is 300 Å². The second kappa shape index (κ2) is 34.7. The molecule has 21 heteroatoms. The predicted molar refractivity (Wildman–Crippen MR) is 169 cm³/mol. The number of aliphatic carboxylic acids is 7. The maximum Gasteiger partial charge on any atom is 0.321 e. The molecule has 17 N–H and O–H groups in total. The quantitative estimate of drug-likeness (QED) is 0.0820. The Kier molecular flexibility index (Phi) is 44.1. The second-order valence-corrected chi connectivity index (χ2v) is 10.8. The van der Waals surface area contributed by atoms with E-state index in [9.17, 15) is 33.6 Å². The van der Waals surface area contributed by atoms with Crippen LogP contribution in [0.15, 0.2) is 0 Å². The van der Waals surface area contributed by atoms with E-state index in [0.29, 0.717) is 37.0 Å². The SMILES string of the molecule is CC(C)C[C@H](N)C(=O)O.CC(C)C[C@H](N)C(=O)O.CC(C)C[C@H](N)C(=O)O.N[C@@H](CC(=O)O)C(=O)O.N[C@@H](CC(=O)O)C(=O)O.[Fe].[MgH2]. The summed E-state index contributed by atoms with van der Waals surface area (Å²) in [5.41, 5.74) is 25.3. The smallest absolute Gasteiger partial charge is 0.321 e. The molecular weight excluding hydrogens is 686 g/mol. The number of hydrogen-bond acceptors (Lipinski definition) is 12. The normalized spacial score (nSPS) is 12.7. The standard InChI is InChI=1S/3C6H13NO2.2C4H7NO4.Fe.Mg.2H/c3*1-4(2)3-5(7)6(8)9;2*5-2(4(8)9)1-3(6)7;;;;/h3*4-5H,3,7H2,1-2H3,(H,8,9);2*2H,1,5H2,(H,6,7)(H,8,9);;;;/t3*5-;2*2-;;;;/m00000..../s1. The van der Waals surface area contributed by atoms with Crippen molar-refractivity contribution < 1.29 is 86.4 Å². The monoisotopic (exact) mass is 741 g/mol. The predicted octanol–water partition coefficient (Wildman–Crippen LogP) is -1.84. The summed E-state index contributed by atoms with van der Waals surface area (Å²) in [6.45, 7) is 11.7. The molecule has 0 spiro atoms. The van der Waals surface area contributed by atoms with Crippen molar-refractivity contribution in [2.24, 2.45) is 46.4 Å². The molecule has 0 aromatic heterocycles. The van der Waals surface area contributed by atoms with Gasteiger partial charge >= 0.3 is 64.8 Å². The summed E-state index contributed by atoms with van der Waals surface area (Å²) in [6, 6.07) is -4.65. The molecule has 0 aliphatic rings. The zero-order valence-corrected chi connectivity index (χ0v) is 28.0. The van der Waals surface area contributed by atoms with Gasteiger partial charge in [-0.2, -0.15) is 0 Å². The molecule has 0 bridgehead atoms. The van der Waals surface area contributed by atoms with Gasteiger partial charge in [0.15, 0.2) is 0 Å². The molecule has 0 amide bonds. The molecule has 0 unspecified atom stereocenters. The van der Waals surface area contributed by atoms with Crippen molar-refractivity contribution in [1.29, 1.82) is 0 Å². The van der Waals surface area contributed by atoms with Crippen molar-refractivity contribution >= 4 is 64.8 Å². The third kappa shape index (κ3) is 53.2. The third-order valence-electron chi connectivity index (χ3n) is 4.55. The van der Waals surface area contributed by atoms with E-state index in [1.807, 2.05) is 41.5 Å². The Morgan fingerprint density at radius 3 is 0.596 bits per heavy atom. The zero-order valence-electron chi connectivity index (χ0n) is 26.9. The first-order valence-corrected chi connectivity index (χ1v) is 13.5. The van der Waals surface area contributed by atoms with Crippen molar-refractivity contribution in [3.05, 3.63) is 0 Å². The summed E-state index contributed by atoms with van der Waals surface area (Å²) >= 11 is 0. The summed E-state index contributed by atoms with van der Waals surface area (Å²) in [5, 5.41) is 57.0. The molecule has 19 nitrogen and oxygen atoms in total. The zero-order chi connectivity index (χ0) is 37.2. The van der Waals surface area contributed by atoms with Gasteiger partial charge < -0.3 is 64.4 Å². The van der Waals surface area contributed by atoms with Gasteiger partial charge in [0, 0.05) is 17.1 Å². The molecule has 0 aliphatic carbocycles. The van der Waals surface area contributed by atoms with Crippen LogP contribution in [-0.2, 0) is 50.6 Å². The van der Waals surface area contributed by atoms with Crippen LogP contribution < -0.4 is 28.7 Å². The molecule has 47 heavy (non-hydrogen) atoms. The van der Waals surface area contributed by atoms with E-state index in [1.165, 1.54) is 0 Å². The molecule has 0 saturated carbocycles. The van der Waals surface area contributed by atoms with Crippen molar-refractivity contribution in [1.82, 2.24) is 0 Å². The molecule has 0 aliphatic heterocycles. The average molecular weight is 742 g/mol. The van der Waals surface area contributed by atoms with E-state index in [1.54, 1.807) is 0 Å². The van der Waals surface area contributed by atoms with Crippen LogP contribution in [0.4, 0.5) is 0 Å². The van der Waals surface area contributed by atoms with Crippen LogP contribution in [-0.4, -0.2) is 131 Å². The molecule has 0 saturated heterocycles. The third-order valence-corrected chi connectivity index (χ3v) is 4.55. The summed E-state index contributed by atoms with van der Waals surface area (Å²) in [7, 11) is 0. The van der Waals surface area contributed by atoms with Crippen LogP contribution in [0.25, 0.3) is 0 Å². The Bertz CT molecular complexity index is 819. The Balaban J connectivity index is -0.0000000842. The first kappa shape index (κ1) is 59.8. The number of carbonyl (C=O) groups is 7. The maximum atomic E-state index is 10.1. The van der Waals surface area contributed by atoms with Crippen molar-refractivity contribution in [3.8, 4) is 0 Å². The van der Waals surface area contributed by atoms with Gasteiger partial charge in [-0.1, -0.05) is 41.5 Å². The van der Waals surface area contributed by atoms with E-state index in [4.69, 9.17) is 64.4 Å². The molecule has 0 rings (SSSR count). The minimum absolute atomic E-state index is 0. The van der Waals surface area contributed by atoms with Crippen LogP contribution in [0.2, 0.25) is 0 Å². The van der Waals surface area contributed by atoms with Gasteiger partial charge in [0.25, 0.3) is 0 Å². The molecule has 0 fully saturated rings. The molecule has 0 heterocycles. The average Bonchev–Trinajstić information content (AvgIpc) is 2.83. The number of hydrogen-bond donors (Lipinski definition) is 12. The molecule has 5 atom stereocenters. The van der Waals surface area contributed by atoms with Crippen molar-refractivity contribution in [2.75, 3.05) is 0 Å². The second-order valence-electron chi connectivity index (χ2n) is 10.8. The maximum absolute atomic E-state index is 10.1. The van der Waals surface area contributed by atoms with Gasteiger partial charge in [0.2, 0.25) is 0 Å². The minimum Gasteiger partial charge on any atom is -0.481 e. The van der Waals surface area contributed by atoms with Gasteiger partial charge in [-0.15, -0.1) is 0 Å². The molecular formula is C26H55FeMgN5O14. The first-order chi connectivity index (χ1) is 20.2. The van der Waals surface area contributed by atoms with Gasteiger partial charge in [-0.3, -0.25) is 33.6 Å². The summed E-state index contributed by atoms with van der Waals surface area (Å²) in [5.74, 6) is -6.66. The van der Waals surface area contributed by atoms with Crippen LogP contribution in [0.5, 0.6) is 0 Å². The topological polar surface area (TPSA) is 391 Å². The number of rotatable bonds is 15. The fraction of sp³-hybridized carbons (Fsp3) is 0.731. The molecule has 0 aromatic rings. The van der Waals surface area contributed by atoms with Gasteiger partial charge in [0.05, 0.1) is 12.8 Å². The number of carboxylic acids is 7. The fourth-order valence-corrected chi connectivity index (χ4v) is 2.38. The molecule has 0 radical (unpaired) electrons. The summed E-state index contributed by atoms with van der Waals surface area (Å²) in [6.07, 6.45) is 0.588. The van der Waals surface area contributed by atoms with E-state index in [2.05, 4.69) is 0 Å². The van der Waals surface area contributed by atoms with Gasteiger partial charge in [-0.05, 0) is 37.0 Å². The Morgan fingerprint density at radius 1 is 0.404 bits per heavy atom. The van der Waals surface area contributed by atoms with Crippen LogP contribution in [0.1, 0.15) is 73.6 Å². The number of nitrogens with two attached hydrogens (primary N) is 5. The van der Waals surface area contributed by atoms with E-state index in [0.717, 1.165) is 0 Å². The first-order valence-electron chi connectivity index (χ1n) is 13.5. The number of carboxylic acid groups (broad SMARTS) is 7. The molecule has 0 aromatic carbocycles. The minimum atomic E-state index is -1.29. The molecule has 278 valence electrons. The van der Waals surface area contributed by atoms with Crippen LogP contribution in [0, 0.1) is 17.8 Å². The Hall–Kier alpha value is -2.62. The fourth-order valence-electron chi connectivity index (χ4n) is 2.38. The van der Waals surface area contributed by atoms with Crippen molar-refractivity contribution in [2.45, 2.75) is 104 Å². The van der Waals surface area contributed by atoms with E-state index >= 15 is 0 Å². The van der Waals surface area contributed by atoms with Crippen LogP contribution >= 0.6 is 0 Å². The van der Waals surface area contributed by atoms with Crippen LogP contribution in [0.3, 0.4) is 0 Å². The Morgan fingerprint density at radius 2 is 0.553 bits per heavy atom.